The van der Waals surface area contributed by atoms with E-state index in [0.29, 0.717) is 35.1 Å². The summed E-state index contributed by atoms with van der Waals surface area (Å²) in [7, 11) is 0. The third-order valence-corrected chi connectivity index (χ3v) is 3.88. The molecule has 0 aliphatic rings. The molecular weight excluding hydrogens is 397 g/mol. The molecular formula is C19H18ClF3N2O3. The predicted octanol–water partition coefficient (Wildman–Crippen LogP) is 4.32. The van der Waals surface area contributed by atoms with E-state index in [4.69, 9.17) is 16.3 Å². The van der Waals surface area contributed by atoms with Crippen LogP contribution in [0, 0.1) is 0 Å². The molecule has 2 amide bonds. The SMILES string of the molecule is O=C(CCCOc1ccccc1Cl)Nc1cccc(CNC(=O)C(F)(F)F)c1. The molecule has 0 aliphatic carbocycles. The molecule has 0 aromatic heterocycles. The van der Waals surface area contributed by atoms with Crippen LogP contribution in [0.5, 0.6) is 5.75 Å². The molecule has 9 heteroatoms. The highest BCUT2D eigenvalue weighted by atomic mass is 35.5. The molecule has 0 saturated heterocycles. The smallest absolute Gasteiger partial charge is 0.471 e. The van der Waals surface area contributed by atoms with Crippen molar-refractivity contribution >= 4 is 29.1 Å². The van der Waals surface area contributed by atoms with Gasteiger partial charge in [0.2, 0.25) is 5.91 Å². The van der Waals surface area contributed by atoms with Gasteiger partial charge in [0.1, 0.15) is 5.75 Å². The zero-order chi connectivity index (χ0) is 20.6. The highest BCUT2D eigenvalue weighted by Gasteiger charge is 2.38. The highest BCUT2D eigenvalue weighted by Crippen LogP contribution is 2.23. The monoisotopic (exact) mass is 414 g/mol. The van der Waals surface area contributed by atoms with E-state index in [1.165, 1.54) is 6.07 Å². The fourth-order valence-electron chi connectivity index (χ4n) is 2.24. The third kappa shape index (κ3) is 7.11. The first-order valence-corrected chi connectivity index (χ1v) is 8.74. The Hall–Kier alpha value is -2.74. The summed E-state index contributed by atoms with van der Waals surface area (Å²) < 4.78 is 42.1. The van der Waals surface area contributed by atoms with Crippen molar-refractivity contribution in [3.8, 4) is 5.75 Å². The van der Waals surface area contributed by atoms with Gasteiger partial charge < -0.3 is 15.4 Å². The number of para-hydroxylation sites is 1. The van der Waals surface area contributed by atoms with Gasteiger partial charge in [-0.05, 0) is 36.2 Å². The fraction of sp³-hybridized carbons (Fsp3) is 0.263. The maximum atomic E-state index is 12.2. The summed E-state index contributed by atoms with van der Waals surface area (Å²) in [5.74, 6) is -1.74. The van der Waals surface area contributed by atoms with Crippen molar-refractivity contribution < 1.29 is 27.5 Å². The van der Waals surface area contributed by atoms with Crippen LogP contribution in [-0.4, -0.2) is 24.6 Å². The molecule has 0 bridgehead atoms. The lowest BCUT2D eigenvalue weighted by molar-refractivity contribution is -0.173. The van der Waals surface area contributed by atoms with Crippen LogP contribution in [0.2, 0.25) is 5.02 Å². The van der Waals surface area contributed by atoms with Gasteiger partial charge in [0.15, 0.2) is 0 Å². The van der Waals surface area contributed by atoms with E-state index in [2.05, 4.69) is 5.32 Å². The van der Waals surface area contributed by atoms with Gasteiger partial charge in [0, 0.05) is 18.7 Å². The van der Waals surface area contributed by atoms with Crippen molar-refractivity contribution in [2.45, 2.75) is 25.6 Å². The largest absolute Gasteiger partial charge is 0.492 e. The molecule has 150 valence electrons. The number of carbonyl (C=O) groups excluding carboxylic acids is 2. The second kappa shape index (κ2) is 9.98. The molecule has 2 rings (SSSR count). The Balaban J connectivity index is 1.76. The number of hydrogen-bond acceptors (Lipinski definition) is 3. The Bertz CT molecular complexity index is 828. The van der Waals surface area contributed by atoms with Crippen LogP contribution in [0.3, 0.4) is 0 Å². The third-order valence-electron chi connectivity index (χ3n) is 3.56. The Kier molecular flexibility index (Phi) is 7.69. The standard InChI is InChI=1S/C19H18ClF3N2O3/c20-15-7-1-2-8-16(15)28-10-4-9-17(26)25-14-6-3-5-13(11-14)12-24-18(27)19(21,22)23/h1-3,5-8,11H,4,9-10,12H2,(H,24,27)(H,25,26). The Labute approximate surface area is 164 Å². The lowest BCUT2D eigenvalue weighted by Gasteiger charge is -2.10. The molecule has 0 unspecified atom stereocenters. The van der Waals surface area contributed by atoms with E-state index < -0.39 is 12.1 Å². The van der Waals surface area contributed by atoms with E-state index in [1.54, 1.807) is 47.8 Å². The van der Waals surface area contributed by atoms with Gasteiger partial charge in [-0.15, -0.1) is 0 Å². The van der Waals surface area contributed by atoms with Crippen LogP contribution in [0.15, 0.2) is 48.5 Å². The summed E-state index contributed by atoms with van der Waals surface area (Å²) in [4.78, 5) is 22.8. The van der Waals surface area contributed by atoms with Crippen molar-refractivity contribution in [2.24, 2.45) is 0 Å². The van der Waals surface area contributed by atoms with Gasteiger partial charge in [-0.2, -0.15) is 13.2 Å². The van der Waals surface area contributed by atoms with Crippen LogP contribution in [0.25, 0.3) is 0 Å². The van der Waals surface area contributed by atoms with Gasteiger partial charge in [0.25, 0.3) is 0 Å². The van der Waals surface area contributed by atoms with E-state index in [-0.39, 0.29) is 18.9 Å². The summed E-state index contributed by atoms with van der Waals surface area (Å²) in [5.41, 5.74) is 0.855. The molecule has 5 nitrogen and oxygen atoms in total. The van der Waals surface area contributed by atoms with Gasteiger partial charge in [0.05, 0.1) is 11.6 Å². The van der Waals surface area contributed by atoms with Crippen molar-refractivity contribution in [1.82, 2.24) is 5.32 Å². The highest BCUT2D eigenvalue weighted by molar-refractivity contribution is 6.32. The van der Waals surface area contributed by atoms with Gasteiger partial charge in [-0.1, -0.05) is 35.9 Å². The number of halogens is 4. The maximum absolute atomic E-state index is 12.2. The minimum absolute atomic E-state index is 0.194. The number of amides is 2. The van der Waals surface area contributed by atoms with Crippen LogP contribution >= 0.6 is 11.6 Å². The normalized spacial score (nSPS) is 11.0. The van der Waals surface area contributed by atoms with Crippen LogP contribution in [-0.2, 0) is 16.1 Å². The number of rotatable bonds is 8. The number of alkyl halides is 3. The maximum Gasteiger partial charge on any atom is 0.471 e. The molecule has 0 heterocycles. The van der Waals surface area contributed by atoms with E-state index >= 15 is 0 Å². The number of ether oxygens (including phenoxy) is 1. The first-order chi connectivity index (χ1) is 13.3. The molecule has 28 heavy (non-hydrogen) atoms. The van der Waals surface area contributed by atoms with Gasteiger partial charge in [-0.3, -0.25) is 9.59 Å². The number of hydrogen-bond donors (Lipinski definition) is 2. The summed E-state index contributed by atoms with van der Waals surface area (Å²) in [5, 5.41) is 4.92. The zero-order valence-corrected chi connectivity index (χ0v) is 15.4. The second-order valence-corrected chi connectivity index (χ2v) is 6.22. The first kappa shape index (κ1) is 21.6. The summed E-state index contributed by atoms with van der Waals surface area (Å²) >= 11 is 5.97. The minimum Gasteiger partial charge on any atom is -0.492 e. The van der Waals surface area contributed by atoms with Gasteiger partial charge in [-0.25, -0.2) is 0 Å². The number of nitrogens with one attached hydrogen (secondary N) is 2. The molecule has 0 aliphatic heterocycles. The van der Waals surface area contributed by atoms with Crippen molar-refractivity contribution in [2.75, 3.05) is 11.9 Å². The average Bonchev–Trinajstić information content (AvgIpc) is 2.64. The van der Waals surface area contributed by atoms with Crippen molar-refractivity contribution in [1.29, 1.82) is 0 Å². The molecule has 0 spiro atoms. The lowest BCUT2D eigenvalue weighted by Crippen LogP contribution is -2.36. The lowest BCUT2D eigenvalue weighted by atomic mass is 10.2. The van der Waals surface area contributed by atoms with Gasteiger partial charge >= 0.3 is 12.1 Å². The number of anilines is 1. The molecule has 0 fully saturated rings. The fourth-order valence-corrected chi connectivity index (χ4v) is 2.43. The zero-order valence-electron chi connectivity index (χ0n) is 14.7. The van der Waals surface area contributed by atoms with Crippen LogP contribution in [0.1, 0.15) is 18.4 Å². The second-order valence-electron chi connectivity index (χ2n) is 5.81. The quantitative estimate of drug-likeness (QED) is 0.632. The minimum atomic E-state index is -4.93. The Morgan fingerprint density at radius 3 is 2.54 bits per heavy atom. The van der Waals surface area contributed by atoms with Crippen molar-refractivity contribution in [3.63, 3.8) is 0 Å². The average molecular weight is 415 g/mol. The Morgan fingerprint density at radius 2 is 1.82 bits per heavy atom. The van der Waals surface area contributed by atoms with Crippen LogP contribution in [0.4, 0.5) is 18.9 Å². The van der Waals surface area contributed by atoms with Crippen LogP contribution < -0.4 is 15.4 Å². The van der Waals surface area contributed by atoms with E-state index in [1.807, 2.05) is 0 Å². The first-order valence-electron chi connectivity index (χ1n) is 8.37. The topological polar surface area (TPSA) is 67.4 Å². The molecule has 2 aromatic rings. The molecule has 0 atom stereocenters. The summed E-state index contributed by atoms with van der Waals surface area (Å²) in [6.07, 6.45) is -4.28. The van der Waals surface area contributed by atoms with Crippen molar-refractivity contribution in [3.05, 3.63) is 59.1 Å². The van der Waals surface area contributed by atoms with E-state index in [9.17, 15) is 22.8 Å². The van der Waals surface area contributed by atoms with E-state index in [0.717, 1.165) is 0 Å². The summed E-state index contributed by atoms with van der Waals surface area (Å²) in [6, 6.07) is 13.2. The number of benzene rings is 2. The molecule has 2 N–H and O–H groups in total. The predicted molar refractivity (Wildman–Crippen MR) is 99.2 cm³/mol. The number of carbonyl (C=O) groups is 2. The molecule has 0 saturated carbocycles. The summed E-state index contributed by atoms with van der Waals surface area (Å²) in [6.45, 7) is 0.00833. The molecule has 0 radical (unpaired) electrons. The Morgan fingerprint density at radius 1 is 1.07 bits per heavy atom. The molecule has 2 aromatic carbocycles.